The zero-order valence-corrected chi connectivity index (χ0v) is 11.9. The number of rotatable bonds is 5. The van der Waals surface area contributed by atoms with Crippen molar-refractivity contribution in [2.45, 2.75) is 63.6 Å². The topological polar surface area (TPSA) is 30.9 Å². The molecule has 0 radical (unpaired) electrons. The van der Waals surface area contributed by atoms with Gasteiger partial charge in [-0.3, -0.25) is 4.90 Å². The molecule has 0 aromatic heterocycles. The van der Waals surface area contributed by atoms with Crippen molar-refractivity contribution in [3.8, 4) is 0 Å². The van der Waals surface area contributed by atoms with E-state index >= 15 is 0 Å². The molecule has 1 saturated heterocycles. The highest BCUT2D eigenvalue weighted by Gasteiger charge is 2.35. The van der Waals surface area contributed by atoms with E-state index in [2.05, 4.69) is 4.90 Å². The average molecular weight is 257 g/mol. The van der Waals surface area contributed by atoms with Crippen molar-refractivity contribution < 1.29 is 14.2 Å². The fourth-order valence-corrected chi connectivity index (χ4v) is 3.20. The largest absolute Gasteiger partial charge is 0.380 e. The van der Waals surface area contributed by atoms with E-state index in [0.717, 1.165) is 25.9 Å². The van der Waals surface area contributed by atoms with Crippen molar-refractivity contribution in [3.05, 3.63) is 0 Å². The molecule has 0 spiro atoms. The van der Waals surface area contributed by atoms with Crippen LogP contribution in [-0.2, 0) is 14.2 Å². The van der Waals surface area contributed by atoms with Crippen molar-refractivity contribution >= 4 is 0 Å². The molecule has 2 rings (SSSR count). The van der Waals surface area contributed by atoms with Crippen LogP contribution in [0.25, 0.3) is 0 Å². The standard InChI is InChI=1S/C14H27NO3/c1-11(16-2)18-14-7-5-4-6-13(14)15-9-8-12(10-15)17-3/h11-14H,4-10H2,1-3H3/t11?,12-,13-,14?/m1/s1. The first-order valence-electron chi connectivity index (χ1n) is 7.19. The van der Waals surface area contributed by atoms with Crippen LogP contribution in [0.2, 0.25) is 0 Å². The molecule has 106 valence electrons. The van der Waals surface area contributed by atoms with E-state index in [9.17, 15) is 0 Å². The van der Waals surface area contributed by atoms with Gasteiger partial charge < -0.3 is 14.2 Å². The van der Waals surface area contributed by atoms with E-state index in [0.29, 0.717) is 18.2 Å². The minimum absolute atomic E-state index is 0.101. The van der Waals surface area contributed by atoms with Gasteiger partial charge in [-0.15, -0.1) is 0 Å². The second-order valence-corrected chi connectivity index (χ2v) is 5.47. The zero-order chi connectivity index (χ0) is 13.0. The number of methoxy groups -OCH3 is 2. The summed E-state index contributed by atoms with van der Waals surface area (Å²) in [6.07, 6.45) is 6.79. The number of likely N-dealkylation sites (tertiary alicyclic amines) is 1. The lowest BCUT2D eigenvalue weighted by molar-refractivity contribution is -0.168. The first-order chi connectivity index (χ1) is 8.74. The van der Waals surface area contributed by atoms with Crippen LogP contribution in [0.1, 0.15) is 39.0 Å². The predicted molar refractivity (Wildman–Crippen MR) is 70.6 cm³/mol. The van der Waals surface area contributed by atoms with Gasteiger partial charge >= 0.3 is 0 Å². The fraction of sp³-hybridized carbons (Fsp3) is 1.00. The molecule has 2 unspecified atom stereocenters. The van der Waals surface area contributed by atoms with Gasteiger partial charge in [-0.1, -0.05) is 12.8 Å². The summed E-state index contributed by atoms with van der Waals surface area (Å²) in [6, 6.07) is 0.552. The Bertz CT molecular complexity index is 249. The Morgan fingerprint density at radius 1 is 1.11 bits per heavy atom. The van der Waals surface area contributed by atoms with Gasteiger partial charge in [0.2, 0.25) is 0 Å². The molecular formula is C14H27NO3. The number of hydrogen-bond donors (Lipinski definition) is 0. The van der Waals surface area contributed by atoms with E-state index in [4.69, 9.17) is 14.2 Å². The van der Waals surface area contributed by atoms with Crippen LogP contribution < -0.4 is 0 Å². The third kappa shape index (κ3) is 3.44. The van der Waals surface area contributed by atoms with Crippen molar-refractivity contribution in [2.75, 3.05) is 27.3 Å². The van der Waals surface area contributed by atoms with Crippen LogP contribution in [0.5, 0.6) is 0 Å². The molecule has 0 N–H and O–H groups in total. The maximum Gasteiger partial charge on any atom is 0.154 e. The molecule has 1 aliphatic carbocycles. The predicted octanol–water partition coefficient (Wildman–Crippen LogP) is 2.03. The van der Waals surface area contributed by atoms with E-state index in [1.807, 2.05) is 14.0 Å². The molecule has 0 amide bonds. The zero-order valence-electron chi connectivity index (χ0n) is 11.9. The van der Waals surface area contributed by atoms with Gasteiger partial charge in [-0.25, -0.2) is 0 Å². The third-order valence-corrected chi connectivity index (χ3v) is 4.34. The van der Waals surface area contributed by atoms with Crippen LogP contribution in [0.3, 0.4) is 0 Å². The van der Waals surface area contributed by atoms with Gasteiger partial charge in [-0.05, 0) is 26.2 Å². The minimum atomic E-state index is -0.101. The highest BCUT2D eigenvalue weighted by Crippen LogP contribution is 2.29. The minimum Gasteiger partial charge on any atom is -0.380 e. The van der Waals surface area contributed by atoms with Gasteiger partial charge in [0.25, 0.3) is 0 Å². The SMILES string of the molecule is COC(C)OC1CCCC[C@H]1N1CC[C@@H](OC)C1. The molecule has 0 bridgehead atoms. The lowest BCUT2D eigenvalue weighted by atomic mass is 9.91. The molecule has 2 aliphatic rings. The maximum atomic E-state index is 6.03. The van der Waals surface area contributed by atoms with Crippen molar-refractivity contribution in [1.82, 2.24) is 4.90 Å². The second kappa shape index (κ2) is 6.85. The summed E-state index contributed by atoms with van der Waals surface area (Å²) in [5.74, 6) is 0. The Morgan fingerprint density at radius 2 is 1.89 bits per heavy atom. The molecule has 1 saturated carbocycles. The third-order valence-electron chi connectivity index (χ3n) is 4.34. The lowest BCUT2D eigenvalue weighted by Gasteiger charge is -2.38. The molecule has 1 heterocycles. The first-order valence-corrected chi connectivity index (χ1v) is 7.19. The summed E-state index contributed by atoms with van der Waals surface area (Å²) in [6.45, 7) is 4.18. The summed E-state index contributed by atoms with van der Waals surface area (Å²) >= 11 is 0. The molecule has 1 aliphatic heterocycles. The van der Waals surface area contributed by atoms with E-state index in [1.54, 1.807) is 7.11 Å². The highest BCUT2D eigenvalue weighted by atomic mass is 16.7. The first kappa shape index (κ1) is 14.3. The monoisotopic (exact) mass is 257 g/mol. The molecular weight excluding hydrogens is 230 g/mol. The second-order valence-electron chi connectivity index (χ2n) is 5.47. The van der Waals surface area contributed by atoms with Gasteiger partial charge in [-0.2, -0.15) is 0 Å². The van der Waals surface area contributed by atoms with Crippen LogP contribution in [-0.4, -0.2) is 56.7 Å². The summed E-state index contributed by atoms with van der Waals surface area (Å²) in [5, 5.41) is 0. The van der Waals surface area contributed by atoms with Gasteiger partial charge in [0.15, 0.2) is 6.29 Å². The average Bonchev–Trinajstić information content (AvgIpc) is 2.88. The van der Waals surface area contributed by atoms with E-state index in [-0.39, 0.29) is 6.29 Å². The maximum absolute atomic E-state index is 6.03. The van der Waals surface area contributed by atoms with E-state index in [1.165, 1.54) is 19.3 Å². The number of hydrogen-bond acceptors (Lipinski definition) is 4. The van der Waals surface area contributed by atoms with Crippen LogP contribution in [0.15, 0.2) is 0 Å². The van der Waals surface area contributed by atoms with Crippen molar-refractivity contribution in [2.24, 2.45) is 0 Å². The summed E-state index contributed by atoms with van der Waals surface area (Å²) < 4.78 is 16.7. The molecule has 4 nitrogen and oxygen atoms in total. The van der Waals surface area contributed by atoms with Gasteiger partial charge in [0.05, 0.1) is 12.2 Å². The Hall–Kier alpha value is -0.160. The molecule has 18 heavy (non-hydrogen) atoms. The fourth-order valence-electron chi connectivity index (χ4n) is 3.20. The number of nitrogens with zero attached hydrogens (tertiary/aromatic N) is 1. The Kier molecular flexibility index (Phi) is 5.42. The molecule has 4 atom stereocenters. The van der Waals surface area contributed by atoms with Gasteiger partial charge in [0.1, 0.15) is 0 Å². The normalized spacial score (nSPS) is 35.8. The molecule has 4 heteroatoms. The summed E-state index contributed by atoms with van der Waals surface area (Å²) in [5.41, 5.74) is 0. The Balaban J connectivity index is 1.91. The molecule has 0 aromatic carbocycles. The Morgan fingerprint density at radius 3 is 2.56 bits per heavy atom. The lowest BCUT2D eigenvalue weighted by Crippen LogP contribution is -2.47. The smallest absolute Gasteiger partial charge is 0.154 e. The van der Waals surface area contributed by atoms with Crippen LogP contribution in [0.4, 0.5) is 0 Å². The quantitative estimate of drug-likeness (QED) is 0.705. The van der Waals surface area contributed by atoms with Crippen LogP contribution in [0, 0.1) is 0 Å². The van der Waals surface area contributed by atoms with Gasteiger partial charge in [0, 0.05) is 33.4 Å². The van der Waals surface area contributed by atoms with Crippen LogP contribution >= 0.6 is 0 Å². The molecule has 2 fully saturated rings. The highest BCUT2D eigenvalue weighted by molar-refractivity contribution is 4.89. The summed E-state index contributed by atoms with van der Waals surface area (Å²) in [4.78, 5) is 2.56. The number of ether oxygens (including phenoxy) is 3. The van der Waals surface area contributed by atoms with E-state index < -0.39 is 0 Å². The molecule has 0 aromatic rings. The van der Waals surface area contributed by atoms with Crippen molar-refractivity contribution in [1.29, 1.82) is 0 Å². The summed E-state index contributed by atoms with van der Waals surface area (Å²) in [7, 11) is 3.52. The van der Waals surface area contributed by atoms with Crippen molar-refractivity contribution in [3.63, 3.8) is 0 Å². The Labute approximate surface area is 111 Å².